The Bertz CT molecular complexity index is 699. The maximum atomic E-state index is 12.8. The molecule has 1 atom stereocenters. The van der Waals surface area contributed by atoms with Crippen molar-refractivity contribution in [2.45, 2.75) is 23.5 Å². The fourth-order valence-corrected chi connectivity index (χ4v) is 2.47. The van der Waals surface area contributed by atoms with Gasteiger partial charge < -0.3 is 9.88 Å². The van der Waals surface area contributed by atoms with E-state index in [2.05, 4.69) is 15.5 Å². The molecule has 23 heavy (non-hydrogen) atoms. The van der Waals surface area contributed by atoms with Crippen molar-refractivity contribution < 1.29 is 22.4 Å². The van der Waals surface area contributed by atoms with Crippen LogP contribution >= 0.6 is 11.8 Å². The fraction of sp³-hybridized carbons (Fsp3) is 0.308. The van der Waals surface area contributed by atoms with Gasteiger partial charge in [-0.05, 0) is 31.2 Å². The number of carbonyl (C=O) groups is 1. The highest BCUT2D eigenvalue weighted by Crippen LogP contribution is 2.30. The lowest BCUT2D eigenvalue weighted by atomic mass is 10.3. The van der Waals surface area contributed by atoms with Gasteiger partial charge in [-0.2, -0.15) is 13.2 Å². The molecule has 1 aromatic heterocycles. The largest absolute Gasteiger partial charge is 0.451 e. The summed E-state index contributed by atoms with van der Waals surface area (Å²) >= 11 is 0.841. The van der Waals surface area contributed by atoms with Crippen LogP contribution in [-0.2, 0) is 18.0 Å². The maximum Gasteiger partial charge on any atom is 0.451 e. The predicted molar refractivity (Wildman–Crippen MR) is 76.4 cm³/mol. The highest BCUT2D eigenvalue weighted by molar-refractivity contribution is 8.00. The van der Waals surface area contributed by atoms with E-state index in [1.165, 1.54) is 38.2 Å². The molecule has 0 spiro atoms. The standard InChI is InChI=1S/C13H12F4N4OS/c1-7(10(22)18-9-5-3-8(14)4-6-9)23-12-20-19-11(21(12)2)13(15,16)17/h3-7H,1-2H3,(H,18,22)/t7-/m1/s1. The van der Waals surface area contributed by atoms with Crippen molar-refractivity contribution in [3.05, 3.63) is 35.9 Å². The van der Waals surface area contributed by atoms with Crippen LogP contribution in [-0.4, -0.2) is 25.9 Å². The zero-order valence-electron chi connectivity index (χ0n) is 12.1. The number of hydrogen-bond donors (Lipinski definition) is 1. The van der Waals surface area contributed by atoms with E-state index in [-0.39, 0.29) is 5.16 Å². The van der Waals surface area contributed by atoms with Crippen molar-refractivity contribution in [1.82, 2.24) is 14.8 Å². The zero-order chi connectivity index (χ0) is 17.2. The van der Waals surface area contributed by atoms with E-state index in [1.54, 1.807) is 0 Å². The Morgan fingerprint density at radius 1 is 1.26 bits per heavy atom. The molecule has 0 aliphatic carbocycles. The molecular formula is C13H12F4N4OS. The number of anilines is 1. The summed E-state index contributed by atoms with van der Waals surface area (Å²) in [7, 11) is 1.18. The molecule has 0 aliphatic heterocycles. The van der Waals surface area contributed by atoms with Gasteiger partial charge in [0, 0.05) is 12.7 Å². The van der Waals surface area contributed by atoms with Crippen molar-refractivity contribution in [1.29, 1.82) is 0 Å². The quantitative estimate of drug-likeness (QED) is 0.681. The van der Waals surface area contributed by atoms with E-state index in [0.717, 1.165) is 16.3 Å². The van der Waals surface area contributed by atoms with Crippen LogP contribution in [0.25, 0.3) is 0 Å². The molecule has 0 radical (unpaired) electrons. The summed E-state index contributed by atoms with van der Waals surface area (Å²) in [5, 5.41) is 8.33. The average Bonchev–Trinajstić information content (AvgIpc) is 2.82. The zero-order valence-corrected chi connectivity index (χ0v) is 12.9. The summed E-state index contributed by atoms with van der Waals surface area (Å²) in [5.41, 5.74) is 0.387. The first-order valence-electron chi connectivity index (χ1n) is 6.38. The molecule has 1 aromatic carbocycles. The number of aromatic nitrogens is 3. The van der Waals surface area contributed by atoms with Crippen molar-refractivity contribution >= 4 is 23.4 Å². The Morgan fingerprint density at radius 2 is 1.87 bits per heavy atom. The molecule has 124 valence electrons. The van der Waals surface area contributed by atoms with Crippen molar-refractivity contribution in [3.63, 3.8) is 0 Å². The molecule has 0 fully saturated rings. The number of rotatable bonds is 4. The topological polar surface area (TPSA) is 59.8 Å². The van der Waals surface area contributed by atoms with Gasteiger partial charge in [-0.15, -0.1) is 10.2 Å². The number of thioether (sulfide) groups is 1. The second kappa shape index (κ2) is 6.57. The first kappa shape index (κ1) is 17.3. The van der Waals surface area contributed by atoms with Gasteiger partial charge in [0.2, 0.25) is 11.7 Å². The summed E-state index contributed by atoms with van der Waals surface area (Å²) in [6.07, 6.45) is -4.61. The smallest absolute Gasteiger partial charge is 0.325 e. The Hall–Kier alpha value is -2.10. The monoisotopic (exact) mass is 348 g/mol. The van der Waals surface area contributed by atoms with Crippen molar-refractivity contribution in [2.75, 3.05) is 5.32 Å². The lowest BCUT2D eigenvalue weighted by Crippen LogP contribution is -2.23. The Balaban J connectivity index is 2.04. The molecule has 1 amide bonds. The minimum atomic E-state index is -4.61. The van der Waals surface area contributed by atoms with Crippen molar-refractivity contribution in [3.8, 4) is 0 Å². The van der Waals surface area contributed by atoms with Crippen LogP contribution in [0.3, 0.4) is 0 Å². The second-order valence-electron chi connectivity index (χ2n) is 4.62. The summed E-state index contributed by atoms with van der Waals surface area (Å²) < 4.78 is 51.5. The van der Waals surface area contributed by atoms with Gasteiger partial charge in [0.1, 0.15) is 5.82 Å². The van der Waals surface area contributed by atoms with Crippen LogP contribution in [0.15, 0.2) is 29.4 Å². The molecule has 10 heteroatoms. The van der Waals surface area contributed by atoms with E-state index in [9.17, 15) is 22.4 Å². The number of amides is 1. The number of carbonyl (C=O) groups excluding carboxylic acids is 1. The number of nitrogens with zero attached hydrogens (tertiary/aromatic N) is 3. The Morgan fingerprint density at radius 3 is 2.39 bits per heavy atom. The SMILES string of the molecule is C[C@@H](Sc1nnc(C(F)(F)F)n1C)C(=O)Nc1ccc(F)cc1. The number of halogens is 4. The van der Waals surface area contributed by atoms with E-state index < -0.39 is 29.0 Å². The van der Waals surface area contributed by atoms with Crippen LogP contribution in [0.4, 0.5) is 23.2 Å². The van der Waals surface area contributed by atoms with Gasteiger partial charge in [-0.3, -0.25) is 4.79 Å². The minimum absolute atomic E-state index is 0.0286. The summed E-state index contributed by atoms with van der Waals surface area (Å²) in [5.74, 6) is -2.02. The van der Waals surface area contributed by atoms with Crippen LogP contribution in [0.2, 0.25) is 0 Å². The molecule has 0 saturated heterocycles. The first-order valence-corrected chi connectivity index (χ1v) is 7.26. The Labute approximate surface area is 133 Å². The van der Waals surface area contributed by atoms with E-state index >= 15 is 0 Å². The van der Waals surface area contributed by atoms with Gasteiger partial charge in [0.15, 0.2) is 5.16 Å². The fourth-order valence-electron chi connectivity index (χ4n) is 1.65. The number of benzene rings is 1. The molecule has 0 saturated carbocycles. The van der Waals surface area contributed by atoms with Gasteiger partial charge in [-0.1, -0.05) is 11.8 Å². The average molecular weight is 348 g/mol. The molecule has 1 N–H and O–H groups in total. The molecule has 0 unspecified atom stereocenters. The van der Waals surface area contributed by atoms with Gasteiger partial charge in [0.25, 0.3) is 0 Å². The van der Waals surface area contributed by atoms with E-state index in [1.807, 2.05) is 0 Å². The predicted octanol–water partition coefficient (Wildman–Crippen LogP) is 3.09. The van der Waals surface area contributed by atoms with Crippen LogP contribution in [0.1, 0.15) is 12.7 Å². The third kappa shape index (κ3) is 4.21. The first-order chi connectivity index (χ1) is 10.7. The second-order valence-corrected chi connectivity index (χ2v) is 5.93. The highest BCUT2D eigenvalue weighted by Gasteiger charge is 2.37. The van der Waals surface area contributed by atoms with Gasteiger partial charge >= 0.3 is 6.18 Å². The molecule has 2 rings (SSSR count). The molecule has 5 nitrogen and oxygen atoms in total. The number of nitrogens with one attached hydrogen (secondary N) is 1. The molecule has 0 bridgehead atoms. The number of alkyl halides is 3. The highest BCUT2D eigenvalue weighted by atomic mass is 32.2. The molecule has 1 heterocycles. The molecular weight excluding hydrogens is 336 g/mol. The summed E-state index contributed by atoms with van der Waals surface area (Å²) in [4.78, 5) is 12.0. The lowest BCUT2D eigenvalue weighted by molar-refractivity contribution is -0.147. The number of hydrogen-bond acceptors (Lipinski definition) is 4. The lowest BCUT2D eigenvalue weighted by Gasteiger charge is -2.12. The van der Waals surface area contributed by atoms with Crippen LogP contribution in [0, 0.1) is 5.82 Å². The Kier molecular flexibility index (Phi) is 4.93. The maximum absolute atomic E-state index is 12.8. The molecule has 0 aliphatic rings. The normalized spacial score (nSPS) is 13.0. The summed E-state index contributed by atoms with van der Waals surface area (Å²) in [6.45, 7) is 1.52. The van der Waals surface area contributed by atoms with Gasteiger partial charge in [0.05, 0.1) is 5.25 Å². The van der Waals surface area contributed by atoms with Crippen molar-refractivity contribution in [2.24, 2.45) is 7.05 Å². The summed E-state index contributed by atoms with van der Waals surface area (Å²) in [6, 6.07) is 5.14. The third-order valence-corrected chi connectivity index (χ3v) is 3.99. The third-order valence-electron chi connectivity index (χ3n) is 2.85. The molecule has 2 aromatic rings. The minimum Gasteiger partial charge on any atom is -0.325 e. The van der Waals surface area contributed by atoms with E-state index in [0.29, 0.717) is 5.69 Å². The van der Waals surface area contributed by atoms with Gasteiger partial charge in [-0.25, -0.2) is 4.39 Å². The van der Waals surface area contributed by atoms with Crippen LogP contribution < -0.4 is 5.32 Å². The van der Waals surface area contributed by atoms with Crippen LogP contribution in [0.5, 0.6) is 0 Å². The van der Waals surface area contributed by atoms with E-state index in [4.69, 9.17) is 0 Å².